The Hall–Kier alpha value is -1.35. The highest BCUT2D eigenvalue weighted by molar-refractivity contribution is 5.59. The minimum Gasteiger partial charge on any atom is -0.388 e. The molecule has 1 unspecified atom stereocenters. The number of aromatic nitrogens is 2. The van der Waals surface area contributed by atoms with Crippen LogP contribution in [-0.2, 0) is 0 Å². The summed E-state index contributed by atoms with van der Waals surface area (Å²) in [5.41, 5.74) is 4.13. The highest BCUT2D eigenvalue weighted by Crippen LogP contribution is 2.62. The molecule has 5 aliphatic rings. The smallest absolute Gasteiger partial charge is 0.0992 e. The van der Waals surface area contributed by atoms with E-state index in [0.29, 0.717) is 11.3 Å². The zero-order chi connectivity index (χ0) is 16.6. The Bertz CT molecular complexity index is 783. The van der Waals surface area contributed by atoms with Crippen molar-refractivity contribution in [2.75, 3.05) is 0 Å². The largest absolute Gasteiger partial charge is 0.388 e. The van der Waals surface area contributed by atoms with E-state index in [1.54, 1.807) is 0 Å². The number of fused-ring (bicyclic) bond motifs is 1. The molecule has 3 heteroatoms. The molecule has 7 rings (SSSR count). The van der Waals surface area contributed by atoms with Gasteiger partial charge in [0.25, 0.3) is 0 Å². The monoisotopic (exact) mass is 336 g/mol. The third-order valence-corrected chi connectivity index (χ3v) is 7.81. The first-order valence-electron chi connectivity index (χ1n) is 10.3. The van der Waals surface area contributed by atoms with Gasteiger partial charge in [-0.1, -0.05) is 0 Å². The van der Waals surface area contributed by atoms with Crippen molar-refractivity contribution in [1.29, 1.82) is 0 Å². The molecule has 0 radical (unpaired) electrons. The van der Waals surface area contributed by atoms with Crippen LogP contribution in [0.25, 0.3) is 5.52 Å². The standard InChI is InChI=1S/C22H28N2O/c25-20(11-22-8-14-5-15(9-22)7-16(6-14)10-22)21-18(17-1-2-17)3-4-24-13-23-12-19(21)24/h3-4,12-17,20,25H,1-2,5-11H2. The molecule has 5 aliphatic carbocycles. The topological polar surface area (TPSA) is 37.5 Å². The van der Waals surface area contributed by atoms with Gasteiger partial charge in [0, 0.05) is 11.8 Å². The highest BCUT2D eigenvalue weighted by Gasteiger charge is 2.51. The molecule has 1 N–H and O–H groups in total. The van der Waals surface area contributed by atoms with Crippen molar-refractivity contribution in [2.24, 2.45) is 23.2 Å². The molecule has 0 spiro atoms. The molecule has 25 heavy (non-hydrogen) atoms. The Morgan fingerprint density at radius 1 is 1.12 bits per heavy atom. The lowest BCUT2D eigenvalue weighted by Gasteiger charge is -2.57. The van der Waals surface area contributed by atoms with Crippen LogP contribution in [-0.4, -0.2) is 14.5 Å². The van der Waals surface area contributed by atoms with E-state index in [2.05, 4.69) is 21.6 Å². The number of aliphatic hydroxyl groups is 1. The first kappa shape index (κ1) is 14.8. The Morgan fingerprint density at radius 3 is 2.44 bits per heavy atom. The molecule has 5 fully saturated rings. The van der Waals surface area contributed by atoms with E-state index < -0.39 is 0 Å². The number of imidazole rings is 1. The fourth-order valence-electron chi connectivity index (χ4n) is 7.20. The Labute approximate surface area is 149 Å². The molecule has 2 heterocycles. The quantitative estimate of drug-likeness (QED) is 0.866. The zero-order valence-corrected chi connectivity index (χ0v) is 14.9. The van der Waals surface area contributed by atoms with Crippen LogP contribution in [0, 0.1) is 23.2 Å². The molecular weight excluding hydrogens is 308 g/mol. The minimum atomic E-state index is -0.327. The Balaban J connectivity index is 1.37. The van der Waals surface area contributed by atoms with Gasteiger partial charge in [-0.15, -0.1) is 0 Å². The SMILES string of the molecule is OC(CC12CC3CC(CC(C3)C1)C2)c1c(C2CC2)ccn2cncc12. The summed E-state index contributed by atoms with van der Waals surface area (Å²) >= 11 is 0. The molecule has 1 atom stereocenters. The normalized spacial score (nSPS) is 37.7. The van der Waals surface area contributed by atoms with Crippen LogP contribution in [0.1, 0.15) is 80.9 Å². The second kappa shape index (κ2) is 5.09. The van der Waals surface area contributed by atoms with Crippen molar-refractivity contribution >= 4 is 5.52 Å². The maximum absolute atomic E-state index is 11.4. The third-order valence-electron chi connectivity index (χ3n) is 7.81. The van der Waals surface area contributed by atoms with E-state index in [0.717, 1.165) is 29.7 Å². The van der Waals surface area contributed by atoms with Gasteiger partial charge in [0.05, 0.1) is 24.1 Å². The minimum absolute atomic E-state index is 0.327. The lowest BCUT2D eigenvalue weighted by Crippen LogP contribution is -2.46. The average molecular weight is 336 g/mol. The van der Waals surface area contributed by atoms with Gasteiger partial charge in [-0.25, -0.2) is 4.98 Å². The van der Waals surface area contributed by atoms with Gasteiger partial charge < -0.3 is 9.51 Å². The molecule has 132 valence electrons. The van der Waals surface area contributed by atoms with Crippen molar-refractivity contribution in [3.05, 3.63) is 35.9 Å². The highest BCUT2D eigenvalue weighted by atomic mass is 16.3. The summed E-state index contributed by atoms with van der Waals surface area (Å²) in [5.74, 6) is 3.52. The van der Waals surface area contributed by atoms with Crippen LogP contribution in [0.2, 0.25) is 0 Å². The van der Waals surface area contributed by atoms with Crippen LogP contribution < -0.4 is 0 Å². The van der Waals surface area contributed by atoms with Gasteiger partial charge in [0.1, 0.15) is 0 Å². The van der Waals surface area contributed by atoms with Gasteiger partial charge in [0.15, 0.2) is 0 Å². The number of aliphatic hydroxyl groups excluding tert-OH is 1. The number of hydrogen-bond acceptors (Lipinski definition) is 2. The maximum atomic E-state index is 11.4. The summed E-state index contributed by atoms with van der Waals surface area (Å²) < 4.78 is 2.09. The van der Waals surface area contributed by atoms with Gasteiger partial charge >= 0.3 is 0 Å². The molecule has 0 aliphatic heterocycles. The summed E-state index contributed by atoms with van der Waals surface area (Å²) in [7, 11) is 0. The second-order valence-electron chi connectivity index (χ2n) is 9.78. The van der Waals surface area contributed by atoms with Gasteiger partial charge in [-0.05, 0) is 98.5 Å². The Morgan fingerprint density at radius 2 is 1.80 bits per heavy atom. The van der Waals surface area contributed by atoms with E-state index in [1.165, 1.54) is 62.5 Å². The lowest BCUT2D eigenvalue weighted by atomic mass is 9.48. The molecule has 2 aromatic rings. The summed E-state index contributed by atoms with van der Waals surface area (Å²) in [6.07, 6.45) is 17.7. The molecule has 2 aromatic heterocycles. The molecular formula is C22H28N2O. The van der Waals surface area contributed by atoms with Crippen LogP contribution >= 0.6 is 0 Å². The van der Waals surface area contributed by atoms with Crippen LogP contribution in [0.5, 0.6) is 0 Å². The predicted octanol–water partition coefficient (Wildman–Crippen LogP) is 4.85. The molecule has 4 bridgehead atoms. The van der Waals surface area contributed by atoms with Crippen molar-refractivity contribution < 1.29 is 5.11 Å². The van der Waals surface area contributed by atoms with Crippen molar-refractivity contribution in [3.63, 3.8) is 0 Å². The summed E-state index contributed by atoms with van der Waals surface area (Å²) in [5, 5.41) is 11.4. The van der Waals surface area contributed by atoms with E-state index in [-0.39, 0.29) is 6.10 Å². The van der Waals surface area contributed by atoms with Crippen LogP contribution in [0.4, 0.5) is 0 Å². The Kier molecular flexibility index (Phi) is 3.01. The lowest BCUT2D eigenvalue weighted by molar-refractivity contribution is -0.0763. The molecule has 0 saturated heterocycles. The van der Waals surface area contributed by atoms with Crippen molar-refractivity contribution in [2.45, 2.75) is 69.8 Å². The summed E-state index contributed by atoms with van der Waals surface area (Å²) in [6.45, 7) is 0. The second-order valence-corrected chi connectivity index (χ2v) is 9.78. The fraction of sp³-hybridized carbons (Fsp3) is 0.682. The fourth-order valence-corrected chi connectivity index (χ4v) is 7.20. The van der Waals surface area contributed by atoms with E-state index in [4.69, 9.17) is 0 Å². The van der Waals surface area contributed by atoms with Crippen molar-refractivity contribution in [3.8, 4) is 0 Å². The number of pyridine rings is 1. The van der Waals surface area contributed by atoms with E-state index in [1.807, 2.05) is 12.5 Å². The number of hydrogen-bond donors (Lipinski definition) is 1. The summed E-state index contributed by atoms with van der Waals surface area (Å²) in [6, 6.07) is 2.24. The molecule has 0 amide bonds. The molecule has 5 saturated carbocycles. The third kappa shape index (κ3) is 2.31. The maximum Gasteiger partial charge on any atom is 0.0992 e. The van der Waals surface area contributed by atoms with Gasteiger partial charge in [0.2, 0.25) is 0 Å². The van der Waals surface area contributed by atoms with Gasteiger partial charge in [-0.3, -0.25) is 0 Å². The van der Waals surface area contributed by atoms with Crippen LogP contribution in [0.3, 0.4) is 0 Å². The summed E-state index contributed by atoms with van der Waals surface area (Å²) in [4.78, 5) is 4.34. The average Bonchev–Trinajstić information content (AvgIpc) is 3.29. The van der Waals surface area contributed by atoms with E-state index >= 15 is 0 Å². The molecule has 3 nitrogen and oxygen atoms in total. The molecule has 0 aromatic carbocycles. The van der Waals surface area contributed by atoms with E-state index in [9.17, 15) is 5.11 Å². The first-order valence-corrected chi connectivity index (χ1v) is 10.3. The first-order chi connectivity index (χ1) is 12.2. The van der Waals surface area contributed by atoms with Gasteiger partial charge in [-0.2, -0.15) is 0 Å². The number of nitrogens with zero attached hydrogens (tertiary/aromatic N) is 2. The van der Waals surface area contributed by atoms with Crippen LogP contribution in [0.15, 0.2) is 24.8 Å². The number of rotatable bonds is 4. The zero-order valence-electron chi connectivity index (χ0n) is 14.9. The van der Waals surface area contributed by atoms with Crippen molar-refractivity contribution in [1.82, 2.24) is 9.38 Å². The predicted molar refractivity (Wildman–Crippen MR) is 97.3 cm³/mol.